The van der Waals surface area contributed by atoms with Crippen molar-refractivity contribution < 1.29 is 9.53 Å². The molecule has 0 spiro atoms. The summed E-state index contributed by atoms with van der Waals surface area (Å²) in [6, 6.07) is 0.366. The highest BCUT2D eigenvalue weighted by Crippen LogP contribution is 2.22. The molecule has 1 amide bonds. The second-order valence-corrected chi connectivity index (χ2v) is 3.90. The summed E-state index contributed by atoms with van der Waals surface area (Å²) in [4.78, 5) is 10.8. The number of rotatable bonds is 4. The number of likely N-dealkylation sites (N-methyl/N-ethyl adjacent to an activating group) is 1. The molecule has 3 N–H and O–H groups in total. The lowest BCUT2D eigenvalue weighted by Crippen LogP contribution is -2.45. The van der Waals surface area contributed by atoms with Crippen molar-refractivity contribution in [1.29, 1.82) is 0 Å². The third-order valence-corrected chi connectivity index (χ3v) is 2.85. The first kappa shape index (κ1) is 11.5. The molecule has 3 atom stereocenters. The van der Waals surface area contributed by atoms with Crippen molar-refractivity contribution in [2.75, 3.05) is 7.05 Å². The first-order chi connectivity index (χ1) is 6.65. The zero-order chi connectivity index (χ0) is 10.6. The normalized spacial score (nSPS) is 29.9. The lowest BCUT2D eigenvalue weighted by atomic mass is 9.92. The molecule has 0 aromatic heterocycles. The number of carbonyl (C=O) groups excluding carboxylic acids is 1. The molecule has 4 nitrogen and oxygen atoms in total. The molecule has 14 heavy (non-hydrogen) atoms. The number of ether oxygens (including phenoxy) is 1. The van der Waals surface area contributed by atoms with E-state index in [4.69, 9.17) is 10.5 Å². The fraction of sp³-hybridized carbons (Fsp3) is 0.900. The van der Waals surface area contributed by atoms with Gasteiger partial charge in [-0.15, -0.1) is 0 Å². The molecule has 0 aromatic carbocycles. The molecule has 1 saturated carbocycles. The third-order valence-electron chi connectivity index (χ3n) is 2.85. The summed E-state index contributed by atoms with van der Waals surface area (Å²) in [6.45, 7) is 1.71. The molecule has 0 aromatic rings. The van der Waals surface area contributed by atoms with Gasteiger partial charge in [-0.2, -0.15) is 0 Å². The number of primary amides is 1. The van der Waals surface area contributed by atoms with Gasteiger partial charge in [0.2, 0.25) is 5.91 Å². The van der Waals surface area contributed by atoms with Gasteiger partial charge in [0.15, 0.2) is 0 Å². The number of nitrogens with two attached hydrogens (primary N) is 1. The van der Waals surface area contributed by atoms with Crippen molar-refractivity contribution in [1.82, 2.24) is 5.32 Å². The second-order valence-electron chi connectivity index (χ2n) is 3.90. The van der Waals surface area contributed by atoms with E-state index >= 15 is 0 Å². The SMILES string of the molecule is CNC1CCCCC1OC(C)C(N)=O. The van der Waals surface area contributed by atoms with Gasteiger partial charge >= 0.3 is 0 Å². The summed E-state index contributed by atoms with van der Waals surface area (Å²) in [5, 5.41) is 3.22. The van der Waals surface area contributed by atoms with Crippen molar-refractivity contribution in [2.24, 2.45) is 5.73 Å². The minimum atomic E-state index is -0.478. The Hall–Kier alpha value is -0.610. The van der Waals surface area contributed by atoms with Crippen LogP contribution in [0, 0.1) is 0 Å². The quantitative estimate of drug-likeness (QED) is 0.690. The zero-order valence-corrected chi connectivity index (χ0v) is 8.95. The molecule has 1 rings (SSSR count). The molecule has 0 aliphatic heterocycles. The minimum absolute atomic E-state index is 0.135. The second kappa shape index (κ2) is 5.32. The molecular weight excluding hydrogens is 180 g/mol. The Morgan fingerprint density at radius 2 is 2.14 bits per heavy atom. The van der Waals surface area contributed by atoms with Gasteiger partial charge in [0, 0.05) is 6.04 Å². The minimum Gasteiger partial charge on any atom is -0.367 e. The van der Waals surface area contributed by atoms with E-state index in [1.165, 1.54) is 12.8 Å². The zero-order valence-electron chi connectivity index (χ0n) is 8.95. The van der Waals surface area contributed by atoms with Crippen LogP contribution in [0.5, 0.6) is 0 Å². The van der Waals surface area contributed by atoms with Crippen LogP contribution in [-0.2, 0) is 9.53 Å². The summed E-state index contributed by atoms with van der Waals surface area (Å²) < 4.78 is 5.62. The molecule has 1 aliphatic carbocycles. The molecule has 4 heteroatoms. The molecule has 0 saturated heterocycles. The summed E-state index contributed by atoms with van der Waals surface area (Å²) in [5.41, 5.74) is 5.16. The molecule has 1 fully saturated rings. The van der Waals surface area contributed by atoms with E-state index in [1.54, 1.807) is 6.92 Å². The average Bonchev–Trinajstić information content (AvgIpc) is 2.18. The van der Waals surface area contributed by atoms with Crippen molar-refractivity contribution in [3.8, 4) is 0 Å². The van der Waals surface area contributed by atoms with Gasteiger partial charge in [0.1, 0.15) is 6.10 Å². The number of carbonyl (C=O) groups is 1. The maximum Gasteiger partial charge on any atom is 0.246 e. The predicted molar refractivity (Wildman–Crippen MR) is 54.8 cm³/mol. The van der Waals surface area contributed by atoms with E-state index in [2.05, 4.69) is 5.32 Å². The number of amides is 1. The maximum absolute atomic E-state index is 10.8. The standard InChI is InChI=1S/C10H20N2O2/c1-7(10(11)13)14-9-6-4-3-5-8(9)12-2/h7-9,12H,3-6H2,1-2H3,(H2,11,13). The first-order valence-electron chi connectivity index (χ1n) is 5.27. The van der Waals surface area contributed by atoms with Crippen LogP contribution in [0.3, 0.4) is 0 Å². The van der Waals surface area contributed by atoms with E-state index < -0.39 is 6.10 Å². The molecule has 0 heterocycles. The summed E-state index contributed by atoms with van der Waals surface area (Å²) >= 11 is 0. The maximum atomic E-state index is 10.8. The van der Waals surface area contributed by atoms with Crippen LogP contribution in [0.15, 0.2) is 0 Å². The Bertz CT molecular complexity index is 197. The van der Waals surface area contributed by atoms with Gasteiger partial charge in [-0.25, -0.2) is 0 Å². The Labute approximate surface area is 85.2 Å². The van der Waals surface area contributed by atoms with Crippen LogP contribution < -0.4 is 11.1 Å². The van der Waals surface area contributed by atoms with Gasteiger partial charge in [-0.3, -0.25) is 4.79 Å². The fourth-order valence-corrected chi connectivity index (χ4v) is 1.92. The van der Waals surface area contributed by atoms with Gasteiger partial charge in [-0.05, 0) is 26.8 Å². The molecule has 0 bridgehead atoms. The highest BCUT2D eigenvalue weighted by molar-refractivity contribution is 5.78. The molecule has 3 unspecified atom stereocenters. The van der Waals surface area contributed by atoms with Gasteiger partial charge in [0.25, 0.3) is 0 Å². The molecular formula is C10H20N2O2. The van der Waals surface area contributed by atoms with Crippen molar-refractivity contribution in [3.63, 3.8) is 0 Å². The lowest BCUT2D eigenvalue weighted by molar-refractivity contribution is -0.134. The lowest BCUT2D eigenvalue weighted by Gasteiger charge is -2.32. The van der Waals surface area contributed by atoms with Gasteiger partial charge < -0.3 is 15.8 Å². The molecule has 0 radical (unpaired) electrons. The van der Waals surface area contributed by atoms with E-state index in [0.717, 1.165) is 12.8 Å². The first-order valence-corrected chi connectivity index (χ1v) is 5.27. The smallest absolute Gasteiger partial charge is 0.246 e. The van der Waals surface area contributed by atoms with Crippen molar-refractivity contribution >= 4 is 5.91 Å². The highest BCUT2D eigenvalue weighted by atomic mass is 16.5. The monoisotopic (exact) mass is 200 g/mol. The van der Waals surface area contributed by atoms with Crippen molar-refractivity contribution in [2.45, 2.75) is 50.9 Å². The van der Waals surface area contributed by atoms with Crippen LogP contribution in [0.2, 0.25) is 0 Å². The highest BCUT2D eigenvalue weighted by Gasteiger charge is 2.27. The van der Waals surface area contributed by atoms with E-state index in [0.29, 0.717) is 6.04 Å². The summed E-state index contributed by atoms with van der Waals surface area (Å²) in [5.74, 6) is -0.384. The average molecular weight is 200 g/mol. The van der Waals surface area contributed by atoms with Gasteiger partial charge in [0.05, 0.1) is 6.10 Å². The third kappa shape index (κ3) is 2.96. The van der Waals surface area contributed by atoms with Crippen LogP contribution in [-0.4, -0.2) is 31.2 Å². The van der Waals surface area contributed by atoms with Crippen LogP contribution in [0.4, 0.5) is 0 Å². The fourth-order valence-electron chi connectivity index (χ4n) is 1.92. The number of nitrogens with one attached hydrogen (secondary N) is 1. The number of hydrogen-bond donors (Lipinski definition) is 2. The van der Waals surface area contributed by atoms with Crippen molar-refractivity contribution in [3.05, 3.63) is 0 Å². The Morgan fingerprint density at radius 1 is 1.50 bits per heavy atom. The predicted octanol–water partition coefficient (Wildman–Crippen LogP) is 0.407. The molecule has 82 valence electrons. The Kier molecular flexibility index (Phi) is 4.35. The number of hydrogen-bond acceptors (Lipinski definition) is 3. The largest absolute Gasteiger partial charge is 0.367 e. The molecule has 1 aliphatic rings. The Morgan fingerprint density at radius 3 is 2.71 bits per heavy atom. The van der Waals surface area contributed by atoms with E-state index in [-0.39, 0.29) is 12.0 Å². The van der Waals surface area contributed by atoms with Crippen LogP contribution >= 0.6 is 0 Å². The van der Waals surface area contributed by atoms with Crippen LogP contribution in [0.25, 0.3) is 0 Å². The Balaban J connectivity index is 2.44. The van der Waals surface area contributed by atoms with Crippen LogP contribution in [0.1, 0.15) is 32.6 Å². The van der Waals surface area contributed by atoms with E-state index in [9.17, 15) is 4.79 Å². The van der Waals surface area contributed by atoms with E-state index in [1.807, 2.05) is 7.05 Å². The summed E-state index contributed by atoms with van der Waals surface area (Å²) in [7, 11) is 1.93. The topological polar surface area (TPSA) is 64.3 Å². The van der Waals surface area contributed by atoms with Gasteiger partial charge in [-0.1, -0.05) is 12.8 Å². The summed E-state index contributed by atoms with van der Waals surface area (Å²) in [6.07, 6.45) is 4.20.